The zero-order valence-electron chi connectivity index (χ0n) is 14.5. The molecule has 0 aliphatic rings. The highest BCUT2D eigenvalue weighted by atomic mass is 79.9. The summed E-state index contributed by atoms with van der Waals surface area (Å²) in [7, 11) is 0. The molecule has 0 fully saturated rings. The minimum Gasteiger partial charge on any atom is -0.483 e. The monoisotopic (exact) mass is 522 g/mol. The van der Waals surface area contributed by atoms with Gasteiger partial charge < -0.3 is 15.2 Å². The first-order chi connectivity index (χ1) is 13.5. The number of benzene rings is 3. The van der Waals surface area contributed by atoms with Gasteiger partial charge in [-0.05, 0) is 74.8 Å². The van der Waals surface area contributed by atoms with Gasteiger partial charge in [-0.25, -0.2) is 0 Å². The summed E-state index contributed by atoms with van der Waals surface area (Å²) in [5.41, 5.74) is 1.43. The van der Waals surface area contributed by atoms with E-state index in [0.717, 1.165) is 25.3 Å². The Labute approximate surface area is 184 Å². The van der Waals surface area contributed by atoms with Crippen molar-refractivity contribution in [2.24, 2.45) is 0 Å². The molecule has 0 unspecified atom stereocenters. The number of fused-ring (bicyclic) bond motifs is 1. The second-order valence-electron chi connectivity index (χ2n) is 5.89. The first-order valence-electron chi connectivity index (χ1n) is 8.27. The number of hydrogen-bond donors (Lipinski definition) is 3. The molecule has 0 radical (unpaired) electrons. The Morgan fingerprint density at radius 3 is 2.71 bits per heavy atom. The molecule has 5 nitrogen and oxygen atoms in total. The Kier molecular flexibility index (Phi) is 7.01. The van der Waals surface area contributed by atoms with Crippen LogP contribution in [0.1, 0.15) is 5.56 Å². The number of aliphatic hydroxyl groups is 1. The van der Waals surface area contributed by atoms with E-state index >= 15 is 0 Å². The lowest BCUT2D eigenvalue weighted by Gasteiger charge is -2.12. The second kappa shape index (κ2) is 9.47. The number of halogens is 2. The summed E-state index contributed by atoms with van der Waals surface area (Å²) in [6.07, 6.45) is 0. The zero-order valence-corrected chi connectivity index (χ0v) is 18.5. The molecule has 1 amide bonds. The minimum atomic E-state index is -0.376. The van der Waals surface area contributed by atoms with Gasteiger partial charge >= 0.3 is 0 Å². The number of rotatable bonds is 5. The van der Waals surface area contributed by atoms with Gasteiger partial charge in [-0.2, -0.15) is 0 Å². The average molecular weight is 524 g/mol. The predicted molar refractivity (Wildman–Crippen MR) is 122 cm³/mol. The third-order valence-electron chi connectivity index (χ3n) is 3.86. The van der Waals surface area contributed by atoms with Crippen LogP contribution in [0.25, 0.3) is 10.8 Å². The molecular weight excluding hydrogens is 508 g/mol. The topological polar surface area (TPSA) is 70.6 Å². The van der Waals surface area contributed by atoms with Crippen LogP contribution in [0.4, 0.5) is 5.69 Å². The van der Waals surface area contributed by atoms with Gasteiger partial charge in [-0.3, -0.25) is 10.1 Å². The molecule has 0 saturated carbocycles. The van der Waals surface area contributed by atoms with E-state index in [2.05, 4.69) is 42.5 Å². The molecule has 0 saturated heterocycles. The molecule has 3 aromatic rings. The third-order valence-corrected chi connectivity index (χ3v) is 5.38. The number of thiocarbonyl (C=S) groups is 1. The summed E-state index contributed by atoms with van der Waals surface area (Å²) in [5.74, 6) is 0.193. The number of nitrogens with one attached hydrogen (secondary N) is 2. The van der Waals surface area contributed by atoms with Crippen molar-refractivity contribution in [2.45, 2.75) is 6.61 Å². The molecule has 144 valence electrons. The lowest BCUT2D eigenvalue weighted by Crippen LogP contribution is -2.37. The van der Waals surface area contributed by atoms with Crippen molar-refractivity contribution in [2.75, 3.05) is 11.9 Å². The van der Waals surface area contributed by atoms with Crippen LogP contribution >= 0.6 is 44.1 Å². The number of ether oxygens (including phenoxy) is 1. The van der Waals surface area contributed by atoms with Crippen LogP contribution in [0.2, 0.25) is 0 Å². The van der Waals surface area contributed by atoms with Crippen molar-refractivity contribution in [1.82, 2.24) is 5.32 Å². The average Bonchev–Trinajstić information content (AvgIpc) is 2.67. The quantitative estimate of drug-likeness (QED) is 0.421. The smallest absolute Gasteiger partial charge is 0.264 e. The molecular formula is C20H16Br2N2O3S. The number of anilines is 1. The van der Waals surface area contributed by atoms with Gasteiger partial charge in [0.15, 0.2) is 11.7 Å². The summed E-state index contributed by atoms with van der Waals surface area (Å²) >= 11 is 12.1. The van der Waals surface area contributed by atoms with E-state index in [1.807, 2.05) is 30.3 Å². The molecule has 0 heterocycles. The van der Waals surface area contributed by atoms with E-state index in [1.165, 1.54) is 0 Å². The fraction of sp³-hybridized carbons (Fsp3) is 0.100. The molecule has 3 aromatic carbocycles. The van der Waals surface area contributed by atoms with Gasteiger partial charge in [-0.1, -0.05) is 40.2 Å². The largest absolute Gasteiger partial charge is 0.483 e. The highest BCUT2D eigenvalue weighted by Crippen LogP contribution is 2.34. The summed E-state index contributed by atoms with van der Waals surface area (Å²) in [4.78, 5) is 12.1. The van der Waals surface area contributed by atoms with E-state index in [1.54, 1.807) is 24.3 Å². The van der Waals surface area contributed by atoms with Crippen LogP contribution in [-0.4, -0.2) is 22.7 Å². The Morgan fingerprint density at radius 2 is 1.93 bits per heavy atom. The van der Waals surface area contributed by atoms with E-state index in [-0.39, 0.29) is 24.2 Å². The van der Waals surface area contributed by atoms with Crippen LogP contribution in [0.15, 0.2) is 63.5 Å². The Balaban J connectivity index is 1.58. The normalized spacial score (nSPS) is 10.5. The van der Waals surface area contributed by atoms with E-state index < -0.39 is 0 Å². The maximum absolute atomic E-state index is 12.1. The number of hydrogen-bond acceptors (Lipinski definition) is 4. The van der Waals surface area contributed by atoms with Crippen molar-refractivity contribution in [1.29, 1.82) is 0 Å². The summed E-state index contributed by atoms with van der Waals surface area (Å²) in [5, 5.41) is 16.8. The minimum absolute atomic E-state index is 0.0694. The second-order valence-corrected chi connectivity index (χ2v) is 8.01. The number of carbonyl (C=O) groups is 1. The fourth-order valence-corrected chi connectivity index (χ4v) is 3.79. The van der Waals surface area contributed by atoms with Crippen molar-refractivity contribution >= 4 is 71.6 Å². The van der Waals surface area contributed by atoms with Crippen LogP contribution in [-0.2, 0) is 11.4 Å². The van der Waals surface area contributed by atoms with E-state index in [9.17, 15) is 4.79 Å². The van der Waals surface area contributed by atoms with Crippen LogP contribution in [0.5, 0.6) is 5.75 Å². The molecule has 3 rings (SSSR count). The SMILES string of the molecule is O=C(COc1ccc2cc(Br)ccc2c1Br)NC(=S)Nc1cccc(CO)c1. The highest BCUT2D eigenvalue weighted by Gasteiger charge is 2.10. The third kappa shape index (κ3) is 5.29. The van der Waals surface area contributed by atoms with E-state index in [0.29, 0.717) is 11.4 Å². The molecule has 0 aliphatic heterocycles. The van der Waals surface area contributed by atoms with Gasteiger partial charge in [0.25, 0.3) is 5.91 Å². The Hall–Kier alpha value is -2.00. The molecule has 0 bridgehead atoms. The predicted octanol–water partition coefficient (Wildman–Crippen LogP) is 4.75. The first-order valence-corrected chi connectivity index (χ1v) is 10.3. The number of carbonyl (C=O) groups excluding carboxylic acids is 1. The van der Waals surface area contributed by atoms with Crippen molar-refractivity contribution in [3.05, 3.63) is 69.1 Å². The van der Waals surface area contributed by atoms with Crippen molar-refractivity contribution in [3.8, 4) is 5.75 Å². The molecule has 0 aromatic heterocycles. The molecule has 3 N–H and O–H groups in total. The number of amides is 1. The molecule has 0 atom stereocenters. The van der Waals surface area contributed by atoms with Gasteiger partial charge in [0.05, 0.1) is 11.1 Å². The van der Waals surface area contributed by atoms with Crippen LogP contribution in [0, 0.1) is 0 Å². The molecule has 8 heteroatoms. The fourth-order valence-electron chi connectivity index (χ4n) is 2.57. The summed E-state index contributed by atoms with van der Waals surface area (Å²) < 4.78 is 7.41. The van der Waals surface area contributed by atoms with Gasteiger partial charge in [-0.15, -0.1) is 0 Å². The lowest BCUT2D eigenvalue weighted by atomic mass is 10.1. The van der Waals surface area contributed by atoms with Gasteiger partial charge in [0.2, 0.25) is 0 Å². The molecule has 28 heavy (non-hydrogen) atoms. The van der Waals surface area contributed by atoms with Crippen molar-refractivity contribution < 1.29 is 14.6 Å². The zero-order chi connectivity index (χ0) is 20.1. The Bertz CT molecular complexity index is 1040. The maximum Gasteiger partial charge on any atom is 0.264 e. The molecule has 0 aliphatic carbocycles. The van der Waals surface area contributed by atoms with Gasteiger partial charge in [0, 0.05) is 10.2 Å². The first kappa shape index (κ1) is 20.7. The van der Waals surface area contributed by atoms with Gasteiger partial charge in [0.1, 0.15) is 5.75 Å². The van der Waals surface area contributed by atoms with Crippen LogP contribution in [0.3, 0.4) is 0 Å². The van der Waals surface area contributed by atoms with Crippen LogP contribution < -0.4 is 15.4 Å². The highest BCUT2D eigenvalue weighted by molar-refractivity contribution is 9.11. The summed E-state index contributed by atoms with van der Waals surface area (Å²) in [6, 6.07) is 16.8. The summed E-state index contributed by atoms with van der Waals surface area (Å²) in [6.45, 7) is -0.251. The lowest BCUT2D eigenvalue weighted by molar-refractivity contribution is -0.121. The number of aliphatic hydroxyl groups excluding tert-OH is 1. The van der Waals surface area contributed by atoms with E-state index in [4.69, 9.17) is 22.1 Å². The maximum atomic E-state index is 12.1. The van der Waals surface area contributed by atoms with Crippen molar-refractivity contribution in [3.63, 3.8) is 0 Å². The Morgan fingerprint density at radius 1 is 1.11 bits per heavy atom. The standard InChI is InChI=1S/C20H16Br2N2O3S/c21-14-5-6-16-13(9-14)4-7-17(19(16)22)27-11-18(26)24-20(28)23-15-3-1-2-12(8-15)10-25/h1-9,25H,10-11H2,(H2,23,24,26,28). The molecule has 0 spiro atoms.